The highest BCUT2D eigenvalue weighted by molar-refractivity contribution is 5.93. The van der Waals surface area contributed by atoms with Gasteiger partial charge in [0, 0.05) is 39.0 Å². The van der Waals surface area contributed by atoms with Gasteiger partial charge in [0.15, 0.2) is 0 Å². The fourth-order valence-corrected chi connectivity index (χ4v) is 24.6. The molecule has 0 aromatic heterocycles. The topological polar surface area (TPSA) is 6.48 Å². The van der Waals surface area contributed by atoms with E-state index in [2.05, 4.69) is 445 Å². The van der Waals surface area contributed by atoms with Crippen LogP contribution in [0.1, 0.15) is 318 Å². The van der Waals surface area contributed by atoms with Gasteiger partial charge < -0.3 is 9.80 Å². The third-order valence-corrected chi connectivity index (χ3v) is 32.0. The first-order valence-corrected chi connectivity index (χ1v) is 51.3. The third kappa shape index (κ3) is 18.3. The normalized spacial score (nSPS) is 16.5. The van der Waals surface area contributed by atoms with Gasteiger partial charge in [0.05, 0.1) is 16.8 Å². The van der Waals surface area contributed by atoms with E-state index in [9.17, 15) is 0 Å². The molecule has 14 aromatic rings. The van der Waals surface area contributed by atoms with Gasteiger partial charge in [-0.3, -0.25) is 0 Å². The Morgan fingerprint density at radius 1 is 0.284 bits per heavy atom. The molecular formula is C132H154N2. The molecule has 0 saturated heterocycles. The highest BCUT2D eigenvalue weighted by atomic mass is 15.2. The largest absolute Gasteiger partial charge is 0.310 e. The van der Waals surface area contributed by atoms with Gasteiger partial charge in [0.1, 0.15) is 0 Å². The van der Waals surface area contributed by atoms with Crippen LogP contribution in [0.25, 0.3) is 44.2 Å². The van der Waals surface area contributed by atoms with Crippen LogP contribution in [-0.4, -0.2) is 0 Å². The van der Waals surface area contributed by atoms with Crippen molar-refractivity contribution in [1.82, 2.24) is 0 Å². The minimum absolute atomic E-state index is 0.0843. The highest BCUT2D eigenvalue weighted by Gasteiger charge is 2.62. The van der Waals surface area contributed by atoms with Gasteiger partial charge in [0.25, 0.3) is 0 Å². The Balaban J connectivity index is 0.000000146. The zero-order valence-electron chi connectivity index (χ0n) is 86.6. The SMILES string of the molecule is CCCCC(CC)Cc1cc(C)cc2c(CC(CC)CCCC)cc(C)cc12.Cc1ccc(C2(c3ccc(C)cc3)c3cc(C)ccc3-c3ccc(C)cc32)cc1.Cc1ccc(N(c2ccc3c(c2)C24CCCC2(CCC4)c2cc(N(c4ccc(C)cc4)c4c(C)cc(C(C)(C)C)cc4C)ccc2-3)c2c(C)cc(C(C)(C)C)cc2C)cc1.Cc1ccc2c(c1)C(C)(C)c1cc(C)ccc1-2. The van der Waals surface area contributed by atoms with E-state index in [1.54, 1.807) is 22.3 Å². The zero-order valence-corrected chi connectivity index (χ0v) is 86.6. The lowest BCUT2D eigenvalue weighted by molar-refractivity contribution is 0.299. The summed E-state index contributed by atoms with van der Waals surface area (Å²) in [5.74, 6) is 1.64. The van der Waals surface area contributed by atoms with Crippen LogP contribution >= 0.6 is 0 Å². The average Bonchev–Trinajstić information content (AvgIpc) is 1.49. The first kappa shape index (κ1) is 96.1. The van der Waals surface area contributed by atoms with Gasteiger partial charge in [-0.1, -0.05) is 409 Å². The monoisotopic (exact) mass is 1770 g/mol. The summed E-state index contributed by atoms with van der Waals surface area (Å²) in [5, 5.41) is 3.06. The Morgan fingerprint density at radius 2 is 0.560 bits per heavy atom. The summed E-state index contributed by atoms with van der Waals surface area (Å²) in [4.78, 5) is 5.12. The van der Waals surface area contributed by atoms with Gasteiger partial charge in [-0.05, 0) is 340 Å². The summed E-state index contributed by atoms with van der Waals surface area (Å²) in [5.41, 5.74) is 52.3. The van der Waals surface area contributed by atoms with Crippen LogP contribution in [-0.2, 0) is 45.3 Å². The zero-order chi connectivity index (χ0) is 95.4. The predicted octanol–water partition coefficient (Wildman–Crippen LogP) is 37.5. The van der Waals surface area contributed by atoms with E-state index < -0.39 is 0 Å². The Kier molecular flexibility index (Phi) is 27.7. The lowest BCUT2D eigenvalue weighted by Gasteiger charge is -2.48. The molecule has 692 valence electrons. The van der Waals surface area contributed by atoms with Crippen molar-refractivity contribution < 1.29 is 0 Å². The fourth-order valence-electron chi connectivity index (χ4n) is 24.6. The van der Waals surface area contributed by atoms with E-state index in [-0.39, 0.29) is 32.5 Å². The van der Waals surface area contributed by atoms with E-state index >= 15 is 0 Å². The summed E-state index contributed by atoms with van der Waals surface area (Å²) in [6.07, 6.45) is 20.7. The lowest BCUT2D eigenvalue weighted by atomic mass is 9.55. The molecule has 0 amide bonds. The molecule has 5 aliphatic rings. The molecule has 2 heteroatoms. The molecule has 2 atom stereocenters. The maximum absolute atomic E-state index is 2.64. The second-order valence-electron chi connectivity index (χ2n) is 44.6. The van der Waals surface area contributed by atoms with Crippen LogP contribution < -0.4 is 9.80 Å². The molecule has 2 fully saturated rings. The average molecular weight is 1770 g/mol. The number of hydrogen-bond acceptors (Lipinski definition) is 2. The molecule has 0 radical (unpaired) electrons. The molecular weight excluding hydrogens is 1610 g/mol. The van der Waals surface area contributed by atoms with Gasteiger partial charge in [0.2, 0.25) is 0 Å². The molecule has 14 aromatic carbocycles. The van der Waals surface area contributed by atoms with E-state index in [0.29, 0.717) is 0 Å². The standard InChI is InChI=1S/C58H66N2.C29H26.C28H44.C17H18/c1-37-15-19-45(20-16-37)59(53-39(3)31-43(32-40(53)4)55(7,8)9)47-23-25-49-50-26-24-48(36-52(50)58-29-13-27-57(58,28-14-30-58)51(49)35-47)60(46-21-17-38(2)18-22-46)54-41(5)33-44(34-42(54)6)56(10,11)12;1-19-5-11-23(12-6-19)29(24-13-7-20(2)8-14-24)27-17-21(3)9-15-25(27)26-16-10-22(4)18-28(26)29;1-7-11-13-23(9-3)19-25-15-21(5)18-28-26(16-22(6)17-27(25)28)20-24(10-4)14-12-8-2;1-11-5-7-13-14-8-6-12(2)10-16(14)17(3,4)15(13)9-11/h15-26,31-36H,13-14,27-30H2,1-12H3;5-18H,1-4H3;15-18,23-24H,7-14,19-20H2,1-6H3;5-10H,1-4H3. The van der Waals surface area contributed by atoms with E-state index in [1.165, 1.54) is 303 Å². The Labute approximate surface area is 809 Å². The number of nitrogens with zero attached hydrogens (tertiary/aromatic N) is 2. The maximum atomic E-state index is 2.64. The van der Waals surface area contributed by atoms with Crippen molar-refractivity contribution in [2.75, 3.05) is 9.80 Å². The molecule has 134 heavy (non-hydrogen) atoms. The Morgan fingerprint density at radius 3 is 0.866 bits per heavy atom. The molecule has 2 nitrogen and oxygen atoms in total. The minimum Gasteiger partial charge on any atom is -0.310 e. The van der Waals surface area contributed by atoms with Gasteiger partial charge in [-0.15, -0.1) is 0 Å². The molecule has 0 spiro atoms. The molecule has 0 aliphatic heterocycles. The number of aryl methyl sites for hydroxylation is 14. The smallest absolute Gasteiger partial charge is 0.0713 e. The van der Waals surface area contributed by atoms with E-state index in [0.717, 1.165) is 11.8 Å². The molecule has 0 heterocycles. The second-order valence-corrected chi connectivity index (χ2v) is 44.6. The summed E-state index contributed by atoms with van der Waals surface area (Å²) in [6, 6.07) is 98.7. The summed E-state index contributed by atoms with van der Waals surface area (Å²) < 4.78 is 0. The van der Waals surface area contributed by atoms with Crippen molar-refractivity contribution in [2.45, 2.75) is 315 Å². The van der Waals surface area contributed by atoms with Crippen molar-refractivity contribution >= 4 is 44.9 Å². The Hall–Kier alpha value is -11.1. The molecule has 5 aliphatic carbocycles. The molecule has 19 rings (SSSR count). The second kappa shape index (κ2) is 38.6. The number of benzene rings is 14. The van der Waals surface area contributed by atoms with Crippen molar-refractivity contribution in [3.63, 3.8) is 0 Å². The van der Waals surface area contributed by atoms with Crippen molar-refractivity contribution in [1.29, 1.82) is 0 Å². The van der Waals surface area contributed by atoms with Crippen LogP contribution in [0, 0.1) is 109 Å². The van der Waals surface area contributed by atoms with E-state index in [4.69, 9.17) is 0 Å². The van der Waals surface area contributed by atoms with Crippen LogP contribution in [0.5, 0.6) is 0 Å². The third-order valence-electron chi connectivity index (χ3n) is 32.0. The van der Waals surface area contributed by atoms with Crippen LogP contribution in [0.4, 0.5) is 34.1 Å². The van der Waals surface area contributed by atoms with Crippen LogP contribution in [0.2, 0.25) is 0 Å². The maximum Gasteiger partial charge on any atom is 0.0713 e. The van der Waals surface area contributed by atoms with Crippen molar-refractivity contribution in [3.05, 3.63) is 399 Å². The van der Waals surface area contributed by atoms with E-state index in [1.807, 2.05) is 0 Å². The van der Waals surface area contributed by atoms with Gasteiger partial charge >= 0.3 is 0 Å². The minimum atomic E-state index is -0.288. The quantitative estimate of drug-likeness (QED) is 0.0750. The van der Waals surface area contributed by atoms with Crippen LogP contribution in [0.3, 0.4) is 0 Å². The lowest BCUT2D eigenvalue weighted by Crippen LogP contribution is -2.43. The van der Waals surface area contributed by atoms with Crippen LogP contribution in [0.15, 0.2) is 255 Å². The molecule has 0 N–H and O–H groups in total. The number of fused-ring (bicyclic) bond motifs is 10. The summed E-state index contributed by atoms with van der Waals surface area (Å²) >= 11 is 0. The number of hydrogen-bond donors (Lipinski definition) is 0. The van der Waals surface area contributed by atoms with Gasteiger partial charge in [-0.2, -0.15) is 0 Å². The Bertz CT molecular complexity index is 6180. The number of anilines is 6. The number of unbranched alkanes of at least 4 members (excludes halogenated alkanes) is 2. The summed E-state index contributed by atoms with van der Waals surface area (Å²) in [6.45, 7) is 59.2. The summed E-state index contributed by atoms with van der Waals surface area (Å²) in [7, 11) is 0. The fraction of sp³-hybridized carbons (Fsp3) is 0.379. The van der Waals surface area contributed by atoms with Crippen molar-refractivity contribution in [2.24, 2.45) is 11.8 Å². The van der Waals surface area contributed by atoms with Gasteiger partial charge in [-0.25, -0.2) is 0 Å². The highest BCUT2D eigenvalue weighted by Crippen LogP contribution is 2.70. The molecule has 0 bridgehead atoms. The number of rotatable bonds is 20. The molecule has 2 saturated carbocycles. The predicted molar refractivity (Wildman–Crippen MR) is 582 cm³/mol. The molecule has 2 unspecified atom stereocenters. The van der Waals surface area contributed by atoms with Crippen molar-refractivity contribution in [3.8, 4) is 33.4 Å². The first-order chi connectivity index (χ1) is 63.9. The first-order valence-electron chi connectivity index (χ1n) is 51.3.